The number of aliphatic carboxylic acids is 1. The first kappa shape index (κ1) is 28.7. The van der Waals surface area contributed by atoms with Gasteiger partial charge in [-0.3, -0.25) is 14.4 Å². The average molecular weight is 591 g/mol. The Bertz CT molecular complexity index is 1350. The molecule has 0 aromatic rings. The van der Waals surface area contributed by atoms with Crippen LogP contribution in [-0.2, 0) is 19.1 Å². The molecule has 1 aliphatic heterocycles. The van der Waals surface area contributed by atoms with Gasteiger partial charge < -0.3 is 14.9 Å². The molecule has 6 fully saturated rings. The molecule has 4 unspecified atom stereocenters. The van der Waals surface area contributed by atoms with E-state index in [0.29, 0.717) is 55.1 Å². The van der Waals surface area contributed by atoms with Crippen LogP contribution < -0.4 is 0 Å². The number of carboxylic acid groups (broad SMARTS) is 1. The van der Waals surface area contributed by atoms with Crippen molar-refractivity contribution in [1.29, 1.82) is 0 Å². The first-order valence-electron chi connectivity index (χ1n) is 17.4. The van der Waals surface area contributed by atoms with Gasteiger partial charge in [-0.2, -0.15) is 0 Å². The molecular formula is C37H50O6. The third-order valence-corrected chi connectivity index (χ3v) is 15.3. The summed E-state index contributed by atoms with van der Waals surface area (Å²) in [5.41, 5.74) is 1.09. The molecule has 43 heavy (non-hydrogen) atoms. The van der Waals surface area contributed by atoms with Crippen LogP contribution in [0, 0.1) is 51.8 Å². The molecule has 0 amide bonds. The minimum atomic E-state index is -0.965. The molecule has 0 aromatic carbocycles. The SMILES string of the molecule is C[C@@H]1CCC2C3CCC(=O)C=C3C[C@]3(C[C@H]3C3=CC(=O)CC[C@]3(C)[C@]34C[C@@H]5CC[C@@](O)(CCC(=O)O)[C@@]5(C)CC3O4)C2C1. The van der Waals surface area contributed by atoms with Crippen molar-refractivity contribution in [2.24, 2.45) is 51.8 Å². The molecule has 6 nitrogen and oxygen atoms in total. The van der Waals surface area contributed by atoms with Gasteiger partial charge in [-0.15, -0.1) is 0 Å². The molecule has 8 aliphatic rings. The van der Waals surface area contributed by atoms with E-state index >= 15 is 0 Å². The van der Waals surface area contributed by atoms with E-state index in [1.807, 2.05) is 12.2 Å². The van der Waals surface area contributed by atoms with Crippen LogP contribution in [0.4, 0.5) is 0 Å². The molecular weight excluding hydrogens is 540 g/mol. The van der Waals surface area contributed by atoms with Crippen molar-refractivity contribution in [2.75, 3.05) is 0 Å². The van der Waals surface area contributed by atoms with Crippen molar-refractivity contribution in [3.05, 3.63) is 23.3 Å². The van der Waals surface area contributed by atoms with Crippen molar-refractivity contribution in [1.82, 2.24) is 0 Å². The lowest BCUT2D eigenvalue weighted by Crippen LogP contribution is -2.54. The van der Waals surface area contributed by atoms with E-state index in [-0.39, 0.29) is 46.1 Å². The smallest absolute Gasteiger partial charge is 0.303 e. The predicted molar refractivity (Wildman–Crippen MR) is 161 cm³/mol. The molecule has 1 saturated heterocycles. The molecule has 2 N–H and O–H groups in total. The summed E-state index contributed by atoms with van der Waals surface area (Å²) < 4.78 is 6.84. The topological polar surface area (TPSA) is 104 Å². The highest BCUT2D eigenvalue weighted by Gasteiger charge is 2.78. The van der Waals surface area contributed by atoms with Gasteiger partial charge in [-0.1, -0.05) is 38.3 Å². The Hall–Kier alpha value is -1.79. The highest BCUT2D eigenvalue weighted by Crippen LogP contribution is 2.78. The largest absolute Gasteiger partial charge is 0.481 e. The number of ketones is 2. The minimum Gasteiger partial charge on any atom is -0.481 e. The summed E-state index contributed by atoms with van der Waals surface area (Å²) >= 11 is 0. The van der Waals surface area contributed by atoms with E-state index in [1.54, 1.807) is 0 Å². The number of aliphatic hydroxyl groups is 1. The molecule has 1 spiro atoms. The fourth-order valence-corrected chi connectivity index (χ4v) is 12.7. The third kappa shape index (κ3) is 3.87. The summed E-state index contributed by atoms with van der Waals surface area (Å²) in [6.07, 6.45) is 16.7. The Morgan fingerprint density at radius 3 is 2.58 bits per heavy atom. The number of carboxylic acids is 1. The highest BCUT2D eigenvalue weighted by atomic mass is 16.6. The summed E-state index contributed by atoms with van der Waals surface area (Å²) in [6.45, 7) is 6.99. The quantitative estimate of drug-likeness (QED) is 0.350. The lowest BCUT2D eigenvalue weighted by molar-refractivity contribution is -0.141. The van der Waals surface area contributed by atoms with Crippen LogP contribution in [-0.4, -0.2) is 45.1 Å². The second-order valence-corrected chi connectivity index (χ2v) is 17.1. The van der Waals surface area contributed by atoms with Crippen molar-refractivity contribution >= 4 is 17.5 Å². The van der Waals surface area contributed by atoms with Gasteiger partial charge in [0.2, 0.25) is 0 Å². The Morgan fingerprint density at radius 2 is 1.79 bits per heavy atom. The van der Waals surface area contributed by atoms with Crippen LogP contribution in [0.25, 0.3) is 0 Å². The van der Waals surface area contributed by atoms with Gasteiger partial charge >= 0.3 is 5.97 Å². The number of ether oxygens (including phenoxy) is 1. The summed E-state index contributed by atoms with van der Waals surface area (Å²) in [4.78, 5) is 37.2. The third-order valence-electron chi connectivity index (χ3n) is 15.3. The number of allylic oxidation sites excluding steroid dienone is 3. The van der Waals surface area contributed by atoms with E-state index in [2.05, 4.69) is 20.8 Å². The van der Waals surface area contributed by atoms with Crippen LogP contribution in [0.5, 0.6) is 0 Å². The zero-order valence-corrected chi connectivity index (χ0v) is 26.3. The van der Waals surface area contributed by atoms with Gasteiger partial charge in [0.05, 0.1) is 11.7 Å². The number of hydrogen-bond acceptors (Lipinski definition) is 5. The zero-order chi connectivity index (χ0) is 30.2. The lowest BCUT2D eigenvalue weighted by Gasteiger charge is -2.53. The Balaban J connectivity index is 1.11. The fraction of sp³-hybridized carbons (Fsp3) is 0.811. The van der Waals surface area contributed by atoms with E-state index in [1.165, 1.54) is 30.4 Å². The Kier molecular flexibility index (Phi) is 6.10. The van der Waals surface area contributed by atoms with E-state index in [0.717, 1.165) is 50.9 Å². The average Bonchev–Trinajstić information content (AvgIpc) is 3.84. The van der Waals surface area contributed by atoms with Crippen LogP contribution in [0.15, 0.2) is 23.3 Å². The van der Waals surface area contributed by atoms with E-state index in [9.17, 15) is 24.6 Å². The maximum Gasteiger partial charge on any atom is 0.303 e. The lowest BCUT2D eigenvalue weighted by atomic mass is 9.51. The maximum absolute atomic E-state index is 13.2. The normalized spacial score (nSPS) is 53.3. The van der Waals surface area contributed by atoms with Gasteiger partial charge in [0.1, 0.15) is 5.60 Å². The maximum atomic E-state index is 13.2. The number of epoxide rings is 1. The number of carbonyl (C=O) groups excluding carboxylic acids is 2. The summed E-state index contributed by atoms with van der Waals surface area (Å²) in [5, 5.41) is 21.1. The molecule has 6 heteroatoms. The van der Waals surface area contributed by atoms with Gasteiger partial charge in [-0.05, 0) is 124 Å². The fourth-order valence-electron chi connectivity index (χ4n) is 12.7. The number of carbonyl (C=O) groups is 3. The zero-order valence-electron chi connectivity index (χ0n) is 26.3. The monoisotopic (exact) mass is 590 g/mol. The molecule has 234 valence electrons. The summed E-state index contributed by atoms with van der Waals surface area (Å²) in [6, 6.07) is 0. The highest BCUT2D eigenvalue weighted by molar-refractivity contribution is 5.92. The van der Waals surface area contributed by atoms with Gasteiger partial charge in [-0.25, -0.2) is 0 Å². The molecule has 7 aliphatic carbocycles. The summed E-state index contributed by atoms with van der Waals surface area (Å²) in [5.74, 6) is 3.01. The molecule has 0 aromatic heterocycles. The van der Waals surface area contributed by atoms with E-state index < -0.39 is 11.6 Å². The molecule has 8 rings (SSSR count). The summed E-state index contributed by atoms with van der Waals surface area (Å²) in [7, 11) is 0. The van der Waals surface area contributed by atoms with Crippen LogP contribution in [0.3, 0.4) is 0 Å². The van der Waals surface area contributed by atoms with Gasteiger partial charge in [0.25, 0.3) is 0 Å². The van der Waals surface area contributed by atoms with E-state index in [4.69, 9.17) is 4.74 Å². The van der Waals surface area contributed by atoms with Crippen molar-refractivity contribution in [3.63, 3.8) is 0 Å². The Labute approximate surface area is 256 Å². The molecule has 1 heterocycles. The van der Waals surface area contributed by atoms with Crippen molar-refractivity contribution in [2.45, 2.75) is 134 Å². The van der Waals surface area contributed by atoms with Gasteiger partial charge in [0, 0.05) is 30.1 Å². The predicted octanol–water partition coefficient (Wildman–Crippen LogP) is 6.59. The number of hydrogen-bond donors (Lipinski definition) is 2. The molecule has 0 bridgehead atoms. The first-order chi connectivity index (χ1) is 20.3. The standard InChI is InChI=1S/C37H50O6/c1-21-4-6-27-26-7-5-24(38)15-22(26)17-35(28(27)14-21)19-30(35)29-16-25(39)9-11-33(29,2)37-18-23-8-12-36(42,13-10-32(40)41)34(23,3)20-31(37)43-37/h15-16,21,23,26-28,30-31,42H,4-14,17-20H2,1-3H3,(H,40,41)/t21-,23+,26?,27?,28?,30+,31?,33+,34+,35+,36-,37+/m1/s1. The second-order valence-electron chi connectivity index (χ2n) is 17.1. The Morgan fingerprint density at radius 1 is 1.00 bits per heavy atom. The van der Waals surface area contributed by atoms with Crippen molar-refractivity contribution in [3.8, 4) is 0 Å². The number of rotatable bonds is 5. The van der Waals surface area contributed by atoms with Gasteiger partial charge in [0.15, 0.2) is 11.6 Å². The molecule has 5 saturated carbocycles. The molecule has 12 atom stereocenters. The first-order valence-corrected chi connectivity index (χ1v) is 17.4. The van der Waals surface area contributed by atoms with Crippen LogP contribution in [0.1, 0.15) is 117 Å². The van der Waals surface area contributed by atoms with Crippen LogP contribution >= 0.6 is 0 Å². The molecule has 0 radical (unpaired) electrons. The van der Waals surface area contributed by atoms with Crippen LogP contribution in [0.2, 0.25) is 0 Å². The van der Waals surface area contributed by atoms with Crippen molar-refractivity contribution < 1.29 is 29.3 Å². The number of fused-ring (bicyclic) bond motifs is 6. The second kappa shape index (κ2) is 9.15. The minimum absolute atomic E-state index is 0.00435.